The number of aryl methyl sites for hydroxylation is 1. The molecule has 2 N–H and O–H groups in total. The highest BCUT2D eigenvalue weighted by Crippen LogP contribution is 2.16. The van der Waals surface area contributed by atoms with Crippen LogP contribution in [0.1, 0.15) is 11.1 Å². The van der Waals surface area contributed by atoms with E-state index in [1.165, 1.54) is 6.26 Å². The average Bonchev–Trinajstić information content (AvgIpc) is 2.49. The second-order valence-corrected chi connectivity index (χ2v) is 8.22. The summed E-state index contributed by atoms with van der Waals surface area (Å²) in [7, 11) is -1.45. The van der Waals surface area contributed by atoms with Crippen LogP contribution in [0.5, 0.6) is 0 Å². The van der Waals surface area contributed by atoms with Gasteiger partial charge in [0.1, 0.15) is 0 Å². The Morgan fingerprint density at radius 3 is 2.70 bits per heavy atom. The van der Waals surface area contributed by atoms with Crippen molar-refractivity contribution in [2.24, 2.45) is 4.99 Å². The molecule has 0 atom stereocenters. The van der Waals surface area contributed by atoms with Gasteiger partial charge in [-0.3, -0.25) is 4.99 Å². The summed E-state index contributed by atoms with van der Waals surface area (Å²) in [4.78, 5) is 4.55. The van der Waals surface area contributed by atoms with Crippen LogP contribution in [0, 0.1) is 6.92 Å². The van der Waals surface area contributed by atoms with Crippen LogP contribution in [0.4, 0.5) is 0 Å². The largest absolute Gasteiger partial charge is 0.356 e. The topological polar surface area (TPSA) is 70.6 Å². The Morgan fingerprint density at radius 1 is 1.39 bits per heavy atom. The number of aliphatic imine (C=N–C) groups is 1. The predicted octanol–water partition coefficient (Wildman–Crippen LogP) is 1.98. The molecule has 0 fully saturated rings. The second-order valence-electron chi connectivity index (χ2n) is 5.09. The lowest BCUT2D eigenvalue weighted by Crippen LogP contribution is -2.38. The summed E-state index contributed by atoms with van der Waals surface area (Å²) in [6.45, 7) is 6.91. The molecule has 0 spiro atoms. The Balaban J connectivity index is 2.53. The van der Waals surface area contributed by atoms with Crippen LogP contribution < -0.4 is 10.6 Å². The van der Waals surface area contributed by atoms with Crippen LogP contribution >= 0.6 is 11.8 Å². The first-order chi connectivity index (χ1) is 10.9. The third kappa shape index (κ3) is 7.09. The number of sulfone groups is 1. The number of guanidine groups is 1. The van der Waals surface area contributed by atoms with Crippen molar-refractivity contribution < 1.29 is 8.42 Å². The molecule has 0 saturated heterocycles. The molecule has 5 nitrogen and oxygen atoms in total. The zero-order chi connectivity index (χ0) is 17.3. The molecule has 0 aromatic heterocycles. The van der Waals surface area contributed by atoms with Gasteiger partial charge in [0.2, 0.25) is 0 Å². The average molecular weight is 356 g/mol. The van der Waals surface area contributed by atoms with Gasteiger partial charge in [0.15, 0.2) is 15.8 Å². The smallest absolute Gasteiger partial charge is 0.191 e. The van der Waals surface area contributed by atoms with Crippen molar-refractivity contribution in [3.63, 3.8) is 0 Å². The number of benzene rings is 1. The van der Waals surface area contributed by atoms with Gasteiger partial charge in [-0.15, -0.1) is 6.58 Å². The first kappa shape index (κ1) is 19.6. The third-order valence-corrected chi connectivity index (χ3v) is 5.32. The van der Waals surface area contributed by atoms with Crippen molar-refractivity contribution in [2.45, 2.75) is 18.4 Å². The van der Waals surface area contributed by atoms with Crippen LogP contribution in [0.3, 0.4) is 0 Å². The van der Waals surface area contributed by atoms with Crippen molar-refractivity contribution in [3.8, 4) is 0 Å². The predicted molar refractivity (Wildman–Crippen MR) is 100 cm³/mol. The van der Waals surface area contributed by atoms with Crippen LogP contribution in [-0.2, 0) is 16.4 Å². The number of hydrogen-bond donors (Lipinski definition) is 2. The Kier molecular flexibility index (Phi) is 8.19. The number of thioether (sulfide) groups is 1. The van der Waals surface area contributed by atoms with E-state index in [0.29, 0.717) is 11.4 Å². The first-order valence-electron chi connectivity index (χ1n) is 7.31. The van der Waals surface area contributed by atoms with E-state index in [9.17, 15) is 8.42 Å². The lowest BCUT2D eigenvalue weighted by molar-refractivity contribution is 0.601. The van der Waals surface area contributed by atoms with Gasteiger partial charge in [0, 0.05) is 37.9 Å². The SMILES string of the molecule is C=CCSCCNC(=NC)NCc1ccc(S(C)(=O)=O)c(C)c1. The van der Waals surface area contributed by atoms with Gasteiger partial charge in [0.05, 0.1) is 4.90 Å². The highest BCUT2D eigenvalue weighted by Gasteiger charge is 2.10. The maximum Gasteiger partial charge on any atom is 0.191 e. The molecule has 0 aliphatic heterocycles. The summed E-state index contributed by atoms with van der Waals surface area (Å²) >= 11 is 1.81. The quantitative estimate of drug-likeness (QED) is 0.323. The fraction of sp³-hybridized carbons (Fsp3) is 0.438. The molecule has 0 radical (unpaired) electrons. The van der Waals surface area contributed by atoms with Crippen molar-refractivity contribution in [1.82, 2.24) is 10.6 Å². The zero-order valence-electron chi connectivity index (χ0n) is 13.9. The van der Waals surface area contributed by atoms with Crippen LogP contribution in [0.2, 0.25) is 0 Å². The molecule has 0 heterocycles. The first-order valence-corrected chi connectivity index (χ1v) is 10.4. The highest BCUT2D eigenvalue weighted by atomic mass is 32.2. The molecule has 0 unspecified atom stereocenters. The van der Waals surface area contributed by atoms with Crippen molar-refractivity contribution >= 4 is 27.6 Å². The van der Waals surface area contributed by atoms with Gasteiger partial charge in [-0.25, -0.2) is 8.42 Å². The van der Waals surface area contributed by atoms with E-state index in [-0.39, 0.29) is 0 Å². The zero-order valence-corrected chi connectivity index (χ0v) is 15.6. The summed E-state index contributed by atoms with van der Waals surface area (Å²) < 4.78 is 23.2. The van der Waals surface area contributed by atoms with Crippen LogP contribution in [-0.4, -0.2) is 45.7 Å². The van der Waals surface area contributed by atoms with Gasteiger partial charge in [-0.05, 0) is 24.1 Å². The van der Waals surface area contributed by atoms with E-state index in [4.69, 9.17) is 0 Å². The third-order valence-electron chi connectivity index (χ3n) is 3.10. The molecule has 0 aliphatic carbocycles. The van der Waals surface area contributed by atoms with Gasteiger partial charge < -0.3 is 10.6 Å². The van der Waals surface area contributed by atoms with Crippen LogP contribution in [0.15, 0.2) is 40.7 Å². The summed E-state index contributed by atoms with van der Waals surface area (Å²) in [5.74, 6) is 2.66. The lowest BCUT2D eigenvalue weighted by Gasteiger charge is -2.12. The number of hydrogen-bond acceptors (Lipinski definition) is 4. The molecule has 128 valence electrons. The fourth-order valence-electron chi connectivity index (χ4n) is 2.05. The molecule has 1 rings (SSSR count). The second kappa shape index (κ2) is 9.62. The van der Waals surface area contributed by atoms with Gasteiger partial charge in [-0.2, -0.15) is 11.8 Å². The normalized spacial score (nSPS) is 12.0. The van der Waals surface area contributed by atoms with Gasteiger partial charge in [-0.1, -0.05) is 18.2 Å². The summed E-state index contributed by atoms with van der Waals surface area (Å²) in [6.07, 6.45) is 3.11. The molecular formula is C16H25N3O2S2. The standard InChI is InChI=1S/C16H25N3O2S2/c1-5-9-22-10-8-18-16(17-3)19-12-14-6-7-15(13(2)11-14)23(4,20)21/h5-7,11H,1,8-10,12H2,2-4H3,(H2,17,18,19). The molecular weight excluding hydrogens is 330 g/mol. The Morgan fingerprint density at radius 2 is 2.13 bits per heavy atom. The van der Waals surface area contributed by atoms with E-state index in [1.807, 2.05) is 25.1 Å². The summed E-state index contributed by atoms with van der Waals surface area (Å²) in [5.41, 5.74) is 1.77. The van der Waals surface area contributed by atoms with E-state index in [2.05, 4.69) is 22.2 Å². The molecule has 1 aromatic carbocycles. The minimum Gasteiger partial charge on any atom is -0.356 e. The van der Waals surface area contributed by atoms with E-state index in [0.717, 1.165) is 35.1 Å². The fourth-order valence-corrected chi connectivity index (χ4v) is 3.59. The van der Waals surface area contributed by atoms with E-state index >= 15 is 0 Å². The van der Waals surface area contributed by atoms with Crippen molar-refractivity contribution in [2.75, 3.05) is 31.4 Å². The lowest BCUT2D eigenvalue weighted by atomic mass is 10.1. The van der Waals surface area contributed by atoms with Crippen molar-refractivity contribution in [3.05, 3.63) is 42.0 Å². The minimum atomic E-state index is -3.17. The Hall–Kier alpha value is -1.47. The molecule has 0 bridgehead atoms. The monoisotopic (exact) mass is 355 g/mol. The Labute approximate surface area is 143 Å². The Bertz CT molecular complexity index is 655. The number of nitrogens with one attached hydrogen (secondary N) is 2. The van der Waals surface area contributed by atoms with E-state index in [1.54, 1.807) is 24.9 Å². The summed E-state index contributed by atoms with van der Waals surface area (Å²) in [6, 6.07) is 5.37. The number of rotatable bonds is 8. The molecule has 7 heteroatoms. The molecule has 0 saturated carbocycles. The minimum absolute atomic E-state index is 0.378. The summed E-state index contributed by atoms with van der Waals surface area (Å²) in [5, 5.41) is 6.46. The maximum atomic E-state index is 11.6. The molecule has 0 amide bonds. The van der Waals surface area contributed by atoms with Crippen LogP contribution in [0.25, 0.3) is 0 Å². The van der Waals surface area contributed by atoms with Gasteiger partial charge in [0.25, 0.3) is 0 Å². The number of nitrogens with zero attached hydrogens (tertiary/aromatic N) is 1. The van der Waals surface area contributed by atoms with Gasteiger partial charge >= 0.3 is 0 Å². The molecule has 0 aliphatic rings. The van der Waals surface area contributed by atoms with Crippen molar-refractivity contribution in [1.29, 1.82) is 0 Å². The highest BCUT2D eigenvalue weighted by molar-refractivity contribution is 7.99. The molecule has 1 aromatic rings. The van der Waals surface area contributed by atoms with E-state index < -0.39 is 9.84 Å². The maximum absolute atomic E-state index is 11.6. The molecule has 23 heavy (non-hydrogen) atoms.